The molecule has 0 bridgehead atoms. The van der Waals surface area contributed by atoms with Crippen molar-refractivity contribution in [1.82, 2.24) is 15.8 Å². The first kappa shape index (κ1) is 14.9. The number of amides is 2. The number of aromatic nitrogens is 1. The van der Waals surface area contributed by atoms with Crippen molar-refractivity contribution in [2.45, 2.75) is 30.8 Å². The van der Waals surface area contributed by atoms with Crippen molar-refractivity contribution in [1.29, 1.82) is 0 Å². The summed E-state index contributed by atoms with van der Waals surface area (Å²) < 4.78 is 18.5. The predicted octanol–water partition coefficient (Wildman–Crippen LogP) is 3.16. The molecule has 5 nitrogen and oxygen atoms in total. The van der Waals surface area contributed by atoms with E-state index < -0.39 is 0 Å². The summed E-state index contributed by atoms with van der Waals surface area (Å²) in [5.74, 6) is 1.20. The maximum atomic E-state index is 13.4. The van der Waals surface area contributed by atoms with Crippen molar-refractivity contribution >= 4 is 17.8 Å². The molecule has 0 aliphatic carbocycles. The molecule has 0 saturated heterocycles. The lowest BCUT2D eigenvalue weighted by atomic mass is 10.0. The third-order valence-corrected chi connectivity index (χ3v) is 4.54. The van der Waals surface area contributed by atoms with Crippen molar-refractivity contribution in [3.63, 3.8) is 0 Å². The summed E-state index contributed by atoms with van der Waals surface area (Å²) in [5.41, 5.74) is 1.60. The summed E-state index contributed by atoms with van der Waals surface area (Å²) in [4.78, 5) is 13.0. The van der Waals surface area contributed by atoms with Gasteiger partial charge in [0.2, 0.25) is 0 Å². The lowest BCUT2D eigenvalue weighted by Gasteiger charge is -2.26. The SMILES string of the molecule is Cc1cc(CNC(=O)N[C@@H]2CCSc3ccc(F)cc32)on1. The van der Waals surface area contributed by atoms with E-state index in [0.717, 1.165) is 28.3 Å². The van der Waals surface area contributed by atoms with Gasteiger partial charge in [-0.15, -0.1) is 11.8 Å². The highest BCUT2D eigenvalue weighted by Gasteiger charge is 2.22. The van der Waals surface area contributed by atoms with Crippen molar-refractivity contribution in [2.75, 3.05) is 5.75 Å². The van der Waals surface area contributed by atoms with Gasteiger partial charge < -0.3 is 15.2 Å². The number of rotatable bonds is 3. The number of hydrogen-bond acceptors (Lipinski definition) is 4. The highest BCUT2D eigenvalue weighted by Crippen LogP contribution is 2.36. The van der Waals surface area contributed by atoms with Crippen LogP contribution >= 0.6 is 11.8 Å². The predicted molar refractivity (Wildman–Crippen MR) is 81.1 cm³/mol. The second kappa shape index (κ2) is 6.39. The molecule has 1 atom stereocenters. The standard InChI is InChI=1S/C15H16FN3O2S/c1-9-6-11(21-19-9)8-17-15(20)18-13-4-5-22-14-3-2-10(16)7-12(13)14/h2-3,6-7,13H,4-5,8H2,1H3,(H2,17,18,20)/t13-/m1/s1. The van der Waals surface area contributed by atoms with Gasteiger partial charge in [-0.3, -0.25) is 0 Å². The zero-order valence-electron chi connectivity index (χ0n) is 12.1. The molecule has 2 amide bonds. The van der Waals surface area contributed by atoms with Crippen LogP contribution in [0.4, 0.5) is 9.18 Å². The molecule has 0 fully saturated rings. The molecule has 0 spiro atoms. The normalized spacial score (nSPS) is 16.9. The highest BCUT2D eigenvalue weighted by molar-refractivity contribution is 7.99. The van der Waals surface area contributed by atoms with E-state index in [0.29, 0.717) is 5.76 Å². The Morgan fingerprint density at radius 2 is 2.36 bits per heavy atom. The number of nitrogens with one attached hydrogen (secondary N) is 2. The largest absolute Gasteiger partial charge is 0.359 e. The summed E-state index contributed by atoms with van der Waals surface area (Å²) in [6, 6.07) is 5.98. The Bertz CT molecular complexity index is 689. The fourth-order valence-corrected chi connectivity index (χ4v) is 3.50. The van der Waals surface area contributed by atoms with E-state index in [1.807, 2.05) is 6.92 Å². The molecule has 0 radical (unpaired) electrons. The summed E-state index contributed by atoms with van der Waals surface area (Å²) in [5, 5.41) is 9.37. The first-order chi connectivity index (χ1) is 10.6. The lowest BCUT2D eigenvalue weighted by molar-refractivity contribution is 0.234. The van der Waals surface area contributed by atoms with Gasteiger partial charge in [0, 0.05) is 16.7 Å². The number of nitrogens with zero attached hydrogens (tertiary/aromatic N) is 1. The molecule has 22 heavy (non-hydrogen) atoms. The van der Waals surface area contributed by atoms with Gasteiger partial charge in [-0.1, -0.05) is 5.16 Å². The van der Waals surface area contributed by atoms with Crippen LogP contribution in [0, 0.1) is 12.7 Å². The smallest absolute Gasteiger partial charge is 0.315 e. The number of urea groups is 1. The molecular weight excluding hydrogens is 305 g/mol. The van der Waals surface area contributed by atoms with Gasteiger partial charge in [0.15, 0.2) is 5.76 Å². The number of benzene rings is 1. The van der Waals surface area contributed by atoms with Gasteiger partial charge >= 0.3 is 6.03 Å². The molecule has 1 aliphatic heterocycles. The van der Waals surface area contributed by atoms with Crippen LogP contribution in [0.3, 0.4) is 0 Å². The molecular formula is C15H16FN3O2S. The van der Waals surface area contributed by atoms with Crippen LogP contribution in [0.25, 0.3) is 0 Å². The quantitative estimate of drug-likeness (QED) is 0.911. The number of carbonyl (C=O) groups is 1. The Kier molecular flexibility index (Phi) is 4.33. The number of carbonyl (C=O) groups excluding carboxylic acids is 1. The summed E-state index contributed by atoms with van der Waals surface area (Å²) in [7, 11) is 0. The third kappa shape index (κ3) is 3.41. The van der Waals surface area contributed by atoms with E-state index in [1.54, 1.807) is 23.9 Å². The fourth-order valence-electron chi connectivity index (χ4n) is 2.39. The number of aryl methyl sites for hydroxylation is 1. The molecule has 0 saturated carbocycles. The average molecular weight is 321 g/mol. The number of fused-ring (bicyclic) bond motifs is 1. The molecule has 0 unspecified atom stereocenters. The van der Waals surface area contributed by atoms with E-state index in [-0.39, 0.29) is 24.4 Å². The maximum Gasteiger partial charge on any atom is 0.315 e. The van der Waals surface area contributed by atoms with E-state index in [9.17, 15) is 9.18 Å². The van der Waals surface area contributed by atoms with Gasteiger partial charge in [-0.05, 0) is 37.1 Å². The van der Waals surface area contributed by atoms with Crippen LogP contribution < -0.4 is 10.6 Å². The third-order valence-electron chi connectivity index (χ3n) is 3.42. The zero-order chi connectivity index (χ0) is 15.5. The topological polar surface area (TPSA) is 67.2 Å². The van der Waals surface area contributed by atoms with Gasteiger partial charge in [-0.25, -0.2) is 9.18 Å². The Morgan fingerprint density at radius 1 is 1.50 bits per heavy atom. The highest BCUT2D eigenvalue weighted by atomic mass is 32.2. The first-order valence-corrected chi connectivity index (χ1v) is 7.99. The van der Waals surface area contributed by atoms with Gasteiger partial charge in [0.05, 0.1) is 18.3 Å². The molecule has 2 N–H and O–H groups in total. The number of thioether (sulfide) groups is 1. The van der Waals surface area contributed by atoms with Crippen molar-refractivity contribution in [3.05, 3.63) is 47.1 Å². The second-order valence-corrected chi connectivity index (χ2v) is 6.27. The van der Waals surface area contributed by atoms with Crippen LogP contribution in [0.2, 0.25) is 0 Å². The zero-order valence-corrected chi connectivity index (χ0v) is 12.9. The summed E-state index contributed by atoms with van der Waals surface area (Å²) in [6.45, 7) is 2.09. The minimum atomic E-state index is -0.304. The van der Waals surface area contributed by atoms with E-state index in [4.69, 9.17) is 4.52 Å². The number of hydrogen-bond donors (Lipinski definition) is 2. The molecule has 7 heteroatoms. The molecule has 3 rings (SSSR count). The minimum absolute atomic E-state index is 0.177. The fraction of sp³-hybridized carbons (Fsp3) is 0.333. The Morgan fingerprint density at radius 3 is 3.14 bits per heavy atom. The maximum absolute atomic E-state index is 13.4. The minimum Gasteiger partial charge on any atom is -0.359 e. The van der Waals surface area contributed by atoms with Gasteiger partial charge in [0.1, 0.15) is 5.82 Å². The Labute approximate surface area is 131 Å². The van der Waals surface area contributed by atoms with Crippen molar-refractivity contribution in [2.24, 2.45) is 0 Å². The second-order valence-electron chi connectivity index (χ2n) is 5.13. The Balaban J connectivity index is 1.61. The first-order valence-electron chi connectivity index (χ1n) is 7.00. The van der Waals surface area contributed by atoms with Crippen LogP contribution in [0.1, 0.15) is 29.5 Å². The summed E-state index contributed by atoms with van der Waals surface area (Å²) in [6.07, 6.45) is 0.774. The van der Waals surface area contributed by atoms with Gasteiger partial charge in [-0.2, -0.15) is 0 Å². The molecule has 2 aromatic rings. The van der Waals surface area contributed by atoms with E-state index >= 15 is 0 Å². The van der Waals surface area contributed by atoms with E-state index in [2.05, 4.69) is 15.8 Å². The molecule has 116 valence electrons. The van der Waals surface area contributed by atoms with Crippen molar-refractivity contribution < 1.29 is 13.7 Å². The van der Waals surface area contributed by atoms with Crippen LogP contribution in [-0.2, 0) is 6.54 Å². The summed E-state index contributed by atoms with van der Waals surface area (Å²) >= 11 is 1.68. The van der Waals surface area contributed by atoms with Crippen LogP contribution in [0.5, 0.6) is 0 Å². The Hall–Kier alpha value is -2.02. The molecule has 1 aliphatic rings. The molecule has 2 heterocycles. The average Bonchev–Trinajstić information content (AvgIpc) is 2.91. The van der Waals surface area contributed by atoms with E-state index in [1.165, 1.54) is 12.1 Å². The lowest BCUT2D eigenvalue weighted by Crippen LogP contribution is -2.38. The molecule has 1 aromatic heterocycles. The van der Waals surface area contributed by atoms with Gasteiger partial charge in [0.25, 0.3) is 0 Å². The number of halogens is 1. The molecule has 1 aromatic carbocycles. The van der Waals surface area contributed by atoms with Crippen LogP contribution in [0.15, 0.2) is 33.7 Å². The van der Waals surface area contributed by atoms with Crippen LogP contribution in [-0.4, -0.2) is 16.9 Å². The van der Waals surface area contributed by atoms with Crippen molar-refractivity contribution in [3.8, 4) is 0 Å². The monoisotopic (exact) mass is 321 g/mol.